The zero-order valence-electron chi connectivity index (χ0n) is 19.3. The van der Waals surface area contributed by atoms with Crippen LogP contribution in [0.25, 0.3) is 11.1 Å². The predicted octanol–water partition coefficient (Wildman–Crippen LogP) is 8.45. The molecule has 0 saturated carbocycles. The maximum atomic E-state index is 12.3. The van der Waals surface area contributed by atoms with Crippen LogP contribution in [-0.4, -0.2) is 11.1 Å². The van der Waals surface area contributed by atoms with E-state index < -0.39 is 0 Å². The van der Waals surface area contributed by atoms with Gasteiger partial charge in [-0.05, 0) is 24.1 Å². The first-order chi connectivity index (χ1) is 15.2. The van der Waals surface area contributed by atoms with Gasteiger partial charge in [0.15, 0.2) is 0 Å². The first-order valence-corrected chi connectivity index (χ1v) is 12.3. The number of ether oxygens (including phenoxy) is 1. The number of benzene rings is 2. The molecular formula is C28H40O3. The van der Waals surface area contributed by atoms with Crippen molar-refractivity contribution >= 4 is 5.97 Å². The Morgan fingerprint density at radius 2 is 1.26 bits per heavy atom. The number of carbonyl (C=O) groups excluding carboxylic acids is 1. The molecule has 3 nitrogen and oxygen atoms in total. The van der Waals surface area contributed by atoms with Gasteiger partial charge >= 0.3 is 5.97 Å². The third-order valence-electron chi connectivity index (χ3n) is 5.77. The summed E-state index contributed by atoms with van der Waals surface area (Å²) in [6.45, 7) is 2.26. The molecule has 0 amide bonds. The van der Waals surface area contributed by atoms with Gasteiger partial charge in [0.25, 0.3) is 0 Å². The lowest BCUT2D eigenvalue weighted by atomic mass is 10.0. The minimum atomic E-state index is -0.231. The first kappa shape index (κ1) is 25.0. The van der Waals surface area contributed by atoms with Crippen LogP contribution >= 0.6 is 0 Å². The second-order valence-electron chi connectivity index (χ2n) is 8.48. The molecule has 0 unspecified atom stereocenters. The predicted molar refractivity (Wildman–Crippen MR) is 129 cm³/mol. The van der Waals surface area contributed by atoms with Crippen LogP contribution in [0, 0.1) is 0 Å². The molecule has 0 atom stereocenters. The van der Waals surface area contributed by atoms with E-state index in [9.17, 15) is 9.90 Å². The van der Waals surface area contributed by atoms with Crippen LogP contribution in [0.2, 0.25) is 0 Å². The van der Waals surface area contributed by atoms with Crippen LogP contribution in [0.3, 0.4) is 0 Å². The Kier molecular flexibility index (Phi) is 12.5. The molecule has 0 saturated heterocycles. The average Bonchev–Trinajstić information content (AvgIpc) is 2.77. The van der Waals surface area contributed by atoms with E-state index in [0.29, 0.717) is 17.7 Å². The van der Waals surface area contributed by atoms with Gasteiger partial charge in [0.1, 0.15) is 11.5 Å². The standard InChI is InChI=1S/C28H40O3/c1-2-3-4-5-6-7-8-9-10-11-12-13-17-23-27(30)31-26-22-18-21-25(29)28(26)24-19-15-14-16-20-24/h14-16,18-22,29H,2-13,17,23H2,1H3. The summed E-state index contributed by atoms with van der Waals surface area (Å²) in [7, 11) is 0. The largest absolute Gasteiger partial charge is 0.507 e. The molecule has 0 aliphatic carbocycles. The van der Waals surface area contributed by atoms with Crippen molar-refractivity contribution in [2.45, 2.75) is 96.8 Å². The molecule has 0 aromatic heterocycles. The molecule has 3 heteroatoms. The summed E-state index contributed by atoms with van der Waals surface area (Å²) in [6.07, 6.45) is 17.1. The number of esters is 1. The van der Waals surface area contributed by atoms with Crippen molar-refractivity contribution in [3.8, 4) is 22.6 Å². The summed E-state index contributed by atoms with van der Waals surface area (Å²) in [4.78, 5) is 12.3. The van der Waals surface area contributed by atoms with Gasteiger partial charge in [-0.3, -0.25) is 4.79 Å². The lowest BCUT2D eigenvalue weighted by molar-refractivity contribution is -0.134. The SMILES string of the molecule is CCCCCCCCCCCCCCCC(=O)Oc1cccc(O)c1-c1ccccc1. The molecule has 0 heterocycles. The van der Waals surface area contributed by atoms with E-state index in [1.807, 2.05) is 30.3 Å². The molecule has 0 fully saturated rings. The van der Waals surface area contributed by atoms with Crippen molar-refractivity contribution in [3.05, 3.63) is 48.5 Å². The summed E-state index contributed by atoms with van der Waals surface area (Å²) in [6, 6.07) is 14.6. The van der Waals surface area contributed by atoms with Gasteiger partial charge in [0.05, 0.1) is 5.56 Å². The molecule has 0 spiro atoms. The summed E-state index contributed by atoms with van der Waals surface area (Å²) >= 11 is 0. The molecular weight excluding hydrogens is 384 g/mol. The van der Waals surface area contributed by atoms with E-state index in [1.165, 1.54) is 70.6 Å². The van der Waals surface area contributed by atoms with E-state index in [4.69, 9.17) is 4.74 Å². The molecule has 0 aliphatic rings. The van der Waals surface area contributed by atoms with Crippen molar-refractivity contribution < 1.29 is 14.6 Å². The number of hydrogen-bond donors (Lipinski definition) is 1. The summed E-state index contributed by atoms with van der Waals surface area (Å²) in [5.74, 6) is 0.314. The van der Waals surface area contributed by atoms with E-state index in [0.717, 1.165) is 18.4 Å². The lowest BCUT2D eigenvalue weighted by Crippen LogP contribution is -2.08. The van der Waals surface area contributed by atoms with Crippen LogP contribution < -0.4 is 4.74 Å². The summed E-state index contributed by atoms with van der Waals surface area (Å²) in [5, 5.41) is 10.3. The van der Waals surface area contributed by atoms with Crippen molar-refractivity contribution in [2.75, 3.05) is 0 Å². The Hall–Kier alpha value is -2.29. The number of rotatable bonds is 16. The number of aromatic hydroxyl groups is 1. The molecule has 31 heavy (non-hydrogen) atoms. The zero-order valence-corrected chi connectivity index (χ0v) is 19.3. The van der Waals surface area contributed by atoms with Crippen LogP contribution in [0.15, 0.2) is 48.5 Å². The molecule has 2 rings (SSSR count). The maximum Gasteiger partial charge on any atom is 0.311 e. The van der Waals surface area contributed by atoms with Gasteiger partial charge in [-0.25, -0.2) is 0 Å². The van der Waals surface area contributed by atoms with E-state index in [2.05, 4.69) is 6.92 Å². The number of phenols is 1. The molecule has 170 valence electrons. The van der Waals surface area contributed by atoms with Crippen LogP contribution in [0.5, 0.6) is 11.5 Å². The Morgan fingerprint density at radius 3 is 1.84 bits per heavy atom. The average molecular weight is 425 g/mol. The van der Waals surface area contributed by atoms with Crippen molar-refractivity contribution in [1.82, 2.24) is 0 Å². The Morgan fingerprint density at radius 1 is 0.710 bits per heavy atom. The third-order valence-corrected chi connectivity index (χ3v) is 5.77. The maximum absolute atomic E-state index is 12.3. The van der Waals surface area contributed by atoms with Gasteiger partial charge in [0.2, 0.25) is 0 Å². The molecule has 0 bridgehead atoms. The fourth-order valence-corrected chi connectivity index (χ4v) is 3.96. The van der Waals surface area contributed by atoms with Crippen molar-refractivity contribution in [2.24, 2.45) is 0 Å². The second-order valence-corrected chi connectivity index (χ2v) is 8.48. The second kappa shape index (κ2) is 15.5. The highest BCUT2D eigenvalue weighted by Crippen LogP contribution is 2.37. The molecule has 0 aliphatic heterocycles. The Bertz CT molecular complexity index is 739. The fraction of sp³-hybridized carbons (Fsp3) is 0.536. The van der Waals surface area contributed by atoms with E-state index in [1.54, 1.807) is 18.2 Å². The number of phenolic OH excluding ortho intramolecular Hbond substituents is 1. The Labute approximate surface area is 188 Å². The van der Waals surface area contributed by atoms with Crippen LogP contribution in [0.4, 0.5) is 0 Å². The lowest BCUT2D eigenvalue weighted by Gasteiger charge is -2.12. The van der Waals surface area contributed by atoms with Gasteiger partial charge in [-0.15, -0.1) is 0 Å². The number of unbranched alkanes of at least 4 members (excludes halogenated alkanes) is 12. The van der Waals surface area contributed by atoms with E-state index >= 15 is 0 Å². The highest BCUT2D eigenvalue weighted by molar-refractivity contribution is 5.81. The first-order valence-electron chi connectivity index (χ1n) is 12.3. The molecule has 0 radical (unpaired) electrons. The monoisotopic (exact) mass is 424 g/mol. The highest BCUT2D eigenvalue weighted by atomic mass is 16.5. The number of carbonyl (C=O) groups is 1. The fourth-order valence-electron chi connectivity index (χ4n) is 3.96. The topological polar surface area (TPSA) is 46.5 Å². The van der Waals surface area contributed by atoms with Crippen LogP contribution in [0.1, 0.15) is 96.8 Å². The van der Waals surface area contributed by atoms with Gasteiger partial charge in [0, 0.05) is 6.42 Å². The third kappa shape index (κ3) is 10.0. The minimum Gasteiger partial charge on any atom is -0.507 e. The molecule has 2 aromatic carbocycles. The number of hydrogen-bond acceptors (Lipinski definition) is 3. The van der Waals surface area contributed by atoms with E-state index in [-0.39, 0.29) is 11.7 Å². The van der Waals surface area contributed by atoms with Gasteiger partial charge in [-0.1, -0.05) is 120 Å². The normalized spacial score (nSPS) is 10.9. The highest BCUT2D eigenvalue weighted by Gasteiger charge is 2.14. The Balaban J connectivity index is 1.58. The molecule has 2 aromatic rings. The quantitative estimate of drug-likeness (QED) is 0.167. The smallest absolute Gasteiger partial charge is 0.311 e. The van der Waals surface area contributed by atoms with Crippen molar-refractivity contribution in [3.63, 3.8) is 0 Å². The summed E-state index contributed by atoms with van der Waals surface area (Å²) < 4.78 is 5.59. The molecule has 1 N–H and O–H groups in total. The summed E-state index contributed by atoms with van der Waals surface area (Å²) in [5.41, 5.74) is 1.41. The zero-order chi connectivity index (χ0) is 22.2. The van der Waals surface area contributed by atoms with Gasteiger partial charge in [-0.2, -0.15) is 0 Å². The van der Waals surface area contributed by atoms with Gasteiger partial charge < -0.3 is 9.84 Å². The van der Waals surface area contributed by atoms with Crippen LogP contribution in [-0.2, 0) is 4.79 Å². The van der Waals surface area contributed by atoms with Crippen molar-refractivity contribution in [1.29, 1.82) is 0 Å². The minimum absolute atomic E-state index is 0.123.